The molecule has 2 rings (SSSR count). The van der Waals surface area contributed by atoms with E-state index in [0.29, 0.717) is 5.88 Å². The Kier molecular flexibility index (Phi) is 3.84. The number of pyridine rings is 1. The molecule has 0 spiro atoms. The van der Waals surface area contributed by atoms with Crippen molar-refractivity contribution in [2.45, 2.75) is 13.8 Å². The lowest BCUT2D eigenvalue weighted by Gasteiger charge is -2.09. The third-order valence-electron chi connectivity index (χ3n) is 2.37. The van der Waals surface area contributed by atoms with E-state index in [1.807, 2.05) is 38.1 Å². The number of aromatic nitrogens is 1. The molecule has 2 aromatic rings. The van der Waals surface area contributed by atoms with E-state index >= 15 is 0 Å². The van der Waals surface area contributed by atoms with Gasteiger partial charge in [-0.2, -0.15) is 0 Å². The number of benzene rings is 1. The molecule has 1 aromatic heterocycles. The molecule has 0 fully saturated rings. The summed E-state index contributed by atoms with van der Waals surface area (Å²) in [6.07, 6.45) is 1.75. The van der Waals surface area contributed by atoms with E-state index in [1.54, 1.807) is 6.20 Å². The van der Waals surface area contributed by atoms with Gasteiger partial charge < -0.3 is 4.74 Å². The highest BCUT2D eigenvalue weighted by molar-refractivity contribution is 9.10. The maximum absolute atomic E-state index is 5.75. The molecule has 0 atom stereocenters. The van der Waals surface area contributed by atoms with Crippen LogP contribution in [0.25, 0.3) is 0 Å². The Morgan fingerprint density at radius 2 is 1.82 bits per heavy atom. The van der Waals surface area contributed by atoms with E-state index in [-0.39, 0.29) is 0 Å². The van der Waals surface area contributed by atoms with Gasteiger partial charge in [0.15, 0.2) is 0 Å². The smallest absolute Gasteiger partial charge is 0.219 e. The Morgan fingerprint density at radius 3 is 2.47 bits per heavy atom. The highest BCUT2D eigenvalue weighted by Gasteiger charge is 2.04. The van der Waals surface area contributed by atoms with Crippen molar-refractivity contribution in [3.63, 3.8) is 0 Å². The van der Waals surface area contributed by atoms with Gasteiger partial charge in [0, 0.05) is 21.2 Å². The first-order chi connectivity index (χ1) is 8.06. The zero-order valence-electron chi connectivity index (χ0n) is 9.50. The molecule has 0 saturated heterocycles. The van der Waals surface area contributed by atoms with E-state index in [0.717, 1.165) is 25.8 Å². The maximum atomic E-state index is 5.75. The first kappa shape index (κ1) is 12.6. The topological polar surface area (TPSA) is 22.1 Å². The predicted octanol–water partition coefficient (Wildman–Crippen LogP) is 5.02. The molecule has 1 heterocycles. The Hall–Kier alpha value is -0.870. The molecule has 0 bridgehead atoms. The standard InChI is InChI=1S/C13H11Br2NO/c1-8-6-13(16-7-11(8)15)17-12-4-3-10(14)5-9(12)2/h3-7H,1-2H3. The molecule has 0 unspecified atom stereocenters. The molecule has 4 heteroatoms. The number of aryl methyl sites for hydroxylation is 2. The number of hydrogen-bond donors (Lipinski definition) is 0. The number of ether oxygens (including phenoxy) is 1. The lowest BCUT2D eigenvalue weighted by Crippen LogP contribution is -1.91. The van der Waals surface area contributed by atoms with E-state index < -0.39 is 0 Å². The van der Waals surface area contributed by atoms with Crippen LogP contribution in [-0.2, 0) is 0 Å². The molecular weight excluding hydrogens is 346 g/mol. The van der Waals surface area contributed by atoms with Crippen LogP contribution < -0.4 is 4.74 Å². The fraction of sp³-hybridized carbons (Fsp3) is 0.154. The first-order valence-electron chi connectivity index (χ1n) is 5.12. The van der Waals surface area contributed by atoms with Gasteiger partial charge in [0.05, 0.1) is 0 Å². The van der Waals surface area contributed by atoms with Gasteiger partial charge in [-0.15, -0.1) is 0 Å². The van der Waals surface area contributed by atoms with Crippen LogP contribution in [0.4, 0.5) is 0 Å². The summed E-state index contributed by atoms with van der Waals surface area (Å²) in [5.74, 6) is 1.43. The molecule has 0 N–H and O–H groups in total. The molecule has 0 aliphatic carbocycles. The van der Waals surface area contributed by atoms with Crippen LogP contribution in [0.15, 0.2) is 39.4 Å². The minimum atomic E-state index is 0.608. The molecule has 17 heavy (non-hydrogen) atoms. The molecule has 0 amide bonds. The summed E-state index contributed by atoms with van der Waals surface area (Å²) in [6.45, 7) is 4.01. The van der Waals surface area contributed by atoms with Gasteiger partial charge in [0.25, 0.3) is 0 Å². The fourth-order valence-corrected chi connectivity index (χ4v) is 2.10. The summed E-state index contributed by atoms with van der Waals surface area (Å²) in [4.78, 5) is 4.22. The van der Waals surface area contributed by atoms with E-state index in [9.17, 15) is 0 Å². The Morgan fingerprint density at radius 1 is 1.06 bits per heavy atom. The van der Waals surface area contributed by atoms with Crippen molar-refractivity contribution >= 4 is 31.9 Å². The summed E-state index contributed by atoms with van der Waals surface area (Å²) in [5.41, 5.74) is 2.17. The molecular formula is C13H11Br2NO. The minimum absolute atomic E-state index is 0.608. The lowest BCUT2D eigenvalue weighted by atomic mass is 10.2. The van der Waals surface area contributed by atoms with Crippen LogP contribution in [0.5, 0.6) is 11.6 Å². The van der Waals surface area contributed by atoms with Crippen LogP contribution in [-0.4, -0.2) is 4.98 Å². The largest absolute Gasteiger partial charge is 0.439 e. The molecule has 1 aromatic carbocycles. The quantitative estimate of drug-likeness (QED) is 0.754. The summed E-state index contributed by atoms with van der Waals surface area (Å²) in [7, 11) is 0. The van der Waals surface area contributed by atoms with Crippen LogP contribution in [0, 0.1) is 13.8 Å². The second-order valence-electron chi connectivity index (χ2n) is 3.78. The van der Waals surface area contributed by atoms with Gasteiger partial charge in [0.1, 0.15) is 5.75 Å². The van der Waals surface area contributed by atoms with Gasteiger partial charge in [-0.05, 0) is 59.1 Å². The number of hydrogen-bond acceptors (Lipinski definition) is 2. The first-order valence-corrected chi connectivity index (χ1v) is 6.71. The highest BCUT2D eigenvalue weighted by atomic mass is 79.9. The third kappa shape index (κ3) is 3.07. The van der Waals surface area contributed by atoms with Crippen molar-refractivity contribution < 1.29 is 4.74 Å². The van der Waals surface area contributed by atoms with Crippen LogP contribution in [0.1, 0.15) is 11.1 Å². The Bertz CT molecular complexity index is 555. The normalized spacial score (nSPS) is 10.4. The minimum Gasteiger partial charge on any atom is -0.439 e. The van der Waals surface area contributed by atoms with Gasteiger partial charge in [-0.3, -0.25) is 0 Å². The molecule has 0 aliphatic rings. The third-order valence-corrected chi connectivity index (χ3v) is 3.70. The van der Waals surface area contributed by atoms with Crippen molar-refractivity contribution in [2.24, 2.45) is 0 Å². The number of halogens is 2. The molecule has 0 aliphatic heterocycles. The summed E-state index contributed by atoms with van der Waals surface area (Å²) in [6, 6.07) is 7.80. The zero-order valence-corrected chi connectivity index (χ0v) is 12.7. The molecule has 0 saturated carbocycles. The summed E-state index contributed by atoms with van der Waals surface area (Å²) in [5, 5.41) is 0. The monoisotopic (exact) mass is 355 g/mol. The van der Waals surface area contributed by atoms with E-state index in [4.69, 9.17) is 4.74 Å². The van der Waals surface area contributed by atoms with E-state index in [2.05, 4.69) is 36.8 Å². The Balaban J connectivity index is 2.28. The van der Waals surface area contributed by atoms with Crippen molar-refractivity contribution in [3.05, 3.63) is 50.5 Å². The van der Waals surface area contributed by atoms with Crippen molar-refractivity contribution in [2.75, 3.05) is 0 Å². The van der Waals surface area contributed by atoms with Crippen molar-refractivity contribution in [1.82, 2.24) is 4.98 Å². The molecule has 2 nitrogen and oxygen atoms in total. The van der Waals surface area contributed by atoms with Crippen LogP contribution >= 0.6 is 31.9 Å². The average Bonchev–Trinajstić information content (AvgIpc) is 2.27. The second kappa shape index (κ2) is 5.19. The van der Waals surface area contributed by atoms with Crippen molar-refractivity contribution in [3.8, 4) is 11.6 Å². The predicted molar refractivity (Wildman–Crippen MR) is 75.6 cm³/mol. The molecule has 88 valence electrons. The summed E-state index contributed by atoms with van der Waals surface area (Å²) >= 11 is 6.84. The maximum Gasteiger partial charge on any atom is 0.219 e. The number of nitrogens with zero attached hydrogens (tertiary/aromatic N) is 1. The van der Waals surface area contributed by atoms with Crippen LogP contribution in [0.2, 0.25) is 0 Å². The SMILES string of the molecule is Cc1cc(Oc2ccc(Br)cc2C)ncc1Br. The zero-order chi connectivity index (χ0) is 12.4. The van der Waals surface area contributed by atoms with Gasteiger partial charge >= 0.3 is 0 Å². The Labute approximate surface area is 117 Å². The number of rotatable bonds is 2. The second-order valence-corrected chi connectivity index (χ2v) is 5.55. The fourth-order valence-electron chi connectivity index (χ4n) is 1.41. The highest BCUT2D eigenvalue weighted by Crippen LogP contribution is 2.27. The summed E-state index contributed by atoms with van der Waals surface area (Å²) < 4.78 is 7.77. The van der Waals surface area contributed by atoms with E-state index in [1.165, 1.54) is 0 Å². The molecule has 0 radical (unpaired) electrons. The van der Waals surface area contributed by atoms with Gasteiger partial charge in [0.2, 0.25) is 5.88 Å². The lowest BCUT2D eigenvalue weighted by molar-refractivity contribution is 0.458. The van der Waals surface area contributed by atoms with Crippen LogP contribution in [0.3, 0.4) is 0 Å². The van der Waals surface area contributed by atoms with Gasteiger partial charge in [-0.1, -0.05) is 15.9 Å². The average molecular weight is 357 g/mol. The van der Waals surface area contributed by atoms with Crippen molar-refractivity contribution in [1.29, 1.82) is 0 Å². The van der Waals surface area contributed by atoms with Gasteiger partial charge in [-0.25, -0.2) is 4.98 Å².